The van der Waals surface area contributed by atoms with E-state index in [9.17, 15) is 0 Å². The fourth-order valence-electron chi connectivity index (χ4n) is 8.99. The van der Waals surface area contributed by atoms with Gasteiger partial charge >= 0.3 is 0 Å². The molecule has 286 valence electrons. The molecule has 0 aliphatic heterocycles. The van der Waals surface area contributed by atoms with E-state index >= 15 is 0 Å². The number of para-hydroxylation sites is 4. The zero-order chi connectivity index (χ0) is 40.3. The van der Waals surface area contributed by atoms with Gasteiger partial charge in [-0.2, -0.15) is 9.97 Å². The van der Waals surface area contributed by atoms with E-state index in [0.29, 0.717) is 17.6 Å². The maximum absolute atomic E-state index is 5.45. The maximum Gasteiger partial charge on any atom is 0.238 e. The lowest BCUT2D eigenvalue weighted by molar-refractivity contribution is 0.953. The third-order valence-corrected chi connectivity index (χ3v) is 11.7. The first-order valence-electron chi connectivity index (χ1n) is 20.5. The smallest absolute Gasteiger partial charge is 0.238 e. The van der Waals surface area contributed by atoms with Crippen LogP contribution in [0.3, 0.4) is 0 Å². The lowest BCUT2D eigenvalue weighted by atomic mass is 10.0. The first-order chi connectivity index (χ1) is 30.3. The number of aromatic nitrogens is 6. The average molecular weight is 781 g/mol. The quantitative estimate of drug-likeness (QED) is 0.162. The fourth-order valence-corrected chi connectivity index (χ4v) is 8.99. The molecule has 4 heterocycles. The topological polar surface area (TPSA) is 53.5 Å². The van der Waals surface area contributed by atoms with Crippen LogP contribution < -0.4 is 0 Å². The van der Waals surface area contributed by atoms with Crippen LogP contribution in [0.15, 0.2) is 218 Å². The number of hydrogen-bond donors (Lipinski definition) is 0. The Morgan fingerprint density at radius 2 is 0.639 bits per heavy atom. The molecule has 0 amide bonds. The molecule has 6 heteroatoms. The summed E-state index contributed by atoms with van der Waals surface area (Å²) in [7, 11) is 0. The van der Waals surface area contributed by atoms with Crippen molar-refractivity contribution in [3.63, 3.8) is 0 Å². The third-order valence-electron chi connectivity index (χ3n) is 11.7. The molecule has 6 nitrogen and oxygen atoms in total. The third kappa shape index (κ3) is 5.69. The molecule has 0 saturated carbocycles. The molecule has 0 aliphatic carbocycles. The summed E-state index contributed by atoms with van der Waals surface area (Å²) in [4.78, 5) is 16.2. The highest BCUT2D eigenvalue weighted by Gasteiger charge is 2.29. The van der Waals surface area contributed by atoms with Gasteiger partial charge in [0, 0.05) is 33.3 Å². The minimum Gasteiger partial charge on any atom is -0.306 e. The van der Waals surface area contributed by atoms with Crippen LogP contribution in [0.25, 0.3) is 106 Å². The van der Waals surface area contributed by atoms with Gasteiger partial charge in [-0.05, 0) is 70.8 Å². The van der Waals surface area contributed by atoms with Gasteiger partial charge in [-0.15, -0.1) is 0 Å². The van der Waals surface area contributed by atoms with Crippen molar-refractivity contribution in [1.82, 2.24) is 28.7 Å². The van der Waals surface area contributed by atoms with Crippen molar-refractivity contribution in [3.05, 3.63) is 218 Å². The van der Waals surface area contributed by atoms with Crippen molar-refractivity contribution < 1.29 is 0 Å². The van der Waals surface area contributed by atoms with E-state index in [-0.39, 0.29) is 0 Å². The minimum atomic E-state index is 0.540. The van der Waals surface area contributed by atoms with Crippen LogP contribution in [0.2, 0.25) is 0 Å². The van der Waals surface area contributed by atoms with Gasteiger partial charge in [-0.1, -0.05) is 170 Å². The molecule has 61 heavy (non-hydrogen) atoms. The Morgan fingerprint density at radius 3 is 1.15 bits per heavy atom. The van der Waals surface area contributed by atoms with Crippen molar-refractivity contribution in [1.29, 1.82) is 0 Å². The Kier molecular flexibility index (Phi) is 8.06. The standard InChI is InChI=1S/C55H36N6/c1-5-19-37(20-6-1)39-23-17-25-41(35-39)53-56-54(42-26-18-24-40(36-42)38-21-7-2-8-22-38)58-55(57-53)61-48-34-16-14-32-46(48)50-52(61)51-49(60(50)44-29-11-4-12-30-44)45-31-13-15-33-47(45)59(51)43-27-9-3-10-28-43/h1-36H. The highest BCUT2D eigenvalue weighted by Crippen LogP contribution is 2.45. The van der Waals surface area contributed by atoms with Gasteiger partial charge in [0.15, 0.2) is 11.6 Å². The van der Waals surface area contributed by atoms with Gasteiger partial charge in [-0.3, -0.25) is 4.57 Å². The molecule has 0 fully saturated rings. The average Bonchev–Trinajstić information content (AvgIpc) is 3.98. The van der Waals surface area contributed by atoms with Gasteiger partial charge in [-0.25, -0.2) is 4.98 Å². The second kappa shape index (κ2) is 14.2. The highest BCUT2D eigenvalue weighted by atomic mass is 15.2. The van der Waals surface area contributed by atoms with Crippen molar-refractivity contribution in [2.75, 3.05) is 0 Å². The second-order valence-corrected chi connectivity index (χ2v) is 15.3. The summed E-state index contributed by atoms with van der Waals surface area (Å²) in [5.74, 6) is 1.73. The molecule has 4 aromatic heterocycles. The predicted molar refractivity (Wildman–Crippen MR) is 250 cm³/mol. The van der Waals surface area contributed by atoms with E-state index < -0.39 is 0 Å². The van der Waals surface area contributed by atoms with Crippen LogP contribution in [-0.4, -0.2) is 28.7 Å². The molecule has 8 aromatic carbocycles. The Balaban J connectivity index is 1.22. The summed E-state index contributed by atoms with van der Waals surface area (Å²) in [6.07, 6.45) is 0. The Bertz CT molecular complexity index is 3470. The van der Waals surface area contributed by atoms with Gasteiger partial charge < -0.3 is 9.13 Å². The molecular weight excluding hydrogens is 745 g/mol. The first-order valence-corrected chi connectivity index (χ1v) is 20.5. The van der Waals surface area contributed by atoms with Crippen LogP contribution in [0.1, 0.15) is 0 Å². The molecule has 0 spiro atoms. The van der Waals surface area contributed by atoms with Crippen molar-refractivity contribution in [2.45, 2.75) is 0 Å². The van der Waals surface area contributed by atoms with Crippen LogP contribution in [0.4, 0.5) is 0 Å². The summed E-state index contributed by atoms with van der Waals surface area (Å²) in [5, 5.41) is 2.26. The number of nitrogens with zero attached hydrogens (tertiary/aromatic N) is 6. The van der Waals surface area contributed by atoms with Crippen LogP contribution >= 0.6 is 0 Å². The summed E-state index contributed by atoms with van der Waals surface area (Å²) >= 11 is 0. The normalized spacial score (nSPS) is 11.6. The molecule has 0 unspecified atom stereocenters. The van der Waals surface area contributed by atoms with Crippen LogP contribution in [0, 0.1) is 0 Å². The first kappa shape index (κ1) is 34.7. The van der Waals surface area contributed by atoms with E-state index in [0.717, 1.165) is 88.6 Å². The number of rotatable bonds is 7. The summed E-state index contributed by atoms with van der Waals surface area (Å²) < 4.78 is 7.10. The summed E-state index contributed by atoms with van der Waals surface area (Å²) in [6, 6.07) is 76.6. The highest BCUT2D eigenvalue weighted by molar-refractivity contribution is 6.25. The van der Waals surface area contributed by atoms with Gasteiger partial charge in [0.25, 0.3) is 0 Å². The second-order valence-electron chi connectivity index (χ2n) is 15.3. The molecule has 0 bridgehead atoms. The summed E-state index contributed by atoms with van der Waals surface area (Å²) in [5.41, 5.74) is 14.8. The molecule has 12 rings (SSSR count). The van der Waals surface area contributed by atoms with E-state index in [2.05, 4.69) is 220 Å². The van der Waals surface area contributed by atoms with Crippen molar-refractivity contribution in [2.24, 2.45) is 0 Å². The van der Waals surface area contributed by atoms with Crippen LogP contribution in [0.5, 0.6) is 0 Å². The van der Waals surface area contributed by atoms with E-state index in [1.165, 1.54) is 0 Å². The van der Waals surface area contributed by atoms with Crippen LogP contribution in [-0.2, 0) is 0 Å². The van der Waals surface area contributed by atoms with Crippen molar-refractivity contribution >= 4 is 43.9 Å². The molecule has 0 aliphatic rings. The molecular formula is C55H36N6. The fraction of sp³-hybridized carbons (Fsp3) is 0. The number of hydrogen-bond acceptors (Lipinski definition) is 3. The molecule has 0 atom stereocenters. The lowest BCUT2D eigenvalue weighted by Crippen LogP contribution is -2.07. The van der Waals surface area contributed by atoms with Gasteiger partial charge in [0.05, 0.1) is 27.6 Å². The zero-order valence-electron chi connectivity index (χ0n) is 33.0. The Labute approximate surface area is 351 Å². The Morgan fingerprint density at radius 1 is 0.262 bits per heavy atom. The van der Waals surface area contributed by atoms with E-state index in [1.807, 2.05) is 12.1 Å². The maximum atomic E-state index is 5.45. The molecule has 0 N–H and O–H groups in total. The Hall–Kier alpha value is -8.35. The van der Waals surface area contributed by atoms with Gasteiger partial charge in [0.2, 0.25) is 5.95 Å². The minimum absolute atomic E-state index is 0.540. The monoisotopic (exact) mass is 780 g/mol. The summed E-state index contributed by atoms with van der Waals surface area (Å²) in [6.45, 7) is 0. The van der Waals surface area contributed by atoms with Gasteiger partial charge in [0.1, 0.15) is 5.52 Å². The molecule has 12 aromatic rings. The molecule has 0 radical (unpaired) electrons. The number of fused-ring (bicyclic) bond motifs is 7. The predicted octanol–water partition coefficient (Wildman–Crippen LogP) is 13.5. The van der Waals surface area contributed by atoms with Crippen molar-refractivity contribution in [3.8, 4) is 62.4 Å². The largest absolute Gasteiger partial charge is 0.306 e. The van der Waals surface area contributed by atoms with E-state index in [4.69, 9.17) is 15.0 Å². The lowest BCUT2D eigenvalue weighted by Gasteiger charge is -2.13. The zero-order valence-corrected chi connectivity index (χ0v) is 33.0. The SMILES string of the molecule is c1ccc(-c2cccc(-c3nc(-c4cccc(-c5ccccc5)c4)nc(-n4c5ccccc5c5c4c4c(c6ccccc6n4-c4ccccc4)n5-c4ccccc4)n3)c2)cc1. The number of benzene rings is 8. The van der Waals surface area contributed by atoms with E-state index in [1.54, 1.807) is 0 Å². The molecule has 0 saturated heterocycles.